The number of cyclic esters (lactones) is 1. The number of alkyl carbamates (subject to hydrolysis) is 1. The highest BCUT2D eigenvalue weighted by Gasteiger charge is 2.38. The second-order valence-electron chi connectivity index (χ2n) is 6.83. The first-order chi connectivity index (χ1) is 12.0. The van der Waals surface area contributed by atoms with E-state index in [4.69, 9.17) is 14.2 Å². The van der Waals surface area contributed by atoms with Gasteiger partial charge in [0.25, 0.3) is 0 Å². The first-order valence-electron chi connectivity index (χ1n) is 8.27. The van der Waals surface area contributed by atoms with Crippen molar-refractivity contribution in [3.8, 4) is 11.5 Å². The van der Waals surface area contributed by atoms with Gasteiger partial charge < -0.3 is 19.5 Å². The van der Waals surface area contributed by atoms with Crippen molar-refractivity contribution in [3.63, 3.8) is 0 Å². The third-order valence-electron chi connectivity index (χ3n) is 4.38. The van der Waals surface area contributed by atoms with E-state index >= 15 is 0 Å². The van der Waals surface area contributed by atoms with E-state index < -0.39 is 6.09 Å². The molecule has 0 saturated carbocycles. The first kappa shape index (κ1) is 19.9. The van der Waals surface area contributed by atoms with E-state index in [1.54, 1.807) is 7.11 Å². The van der Waals surface area contributed by atoms with Gasteiger partial charge in [-0.05, 0) is 23.3 Å². The zero-order valence-corrected chi connectivity index (χ0v) is 16.0. The van der Waals surface area contributed by atoms with Gasteiger partial charge in [0.05, 0.1) is 13.2 Å². The molecular formula is C20H24ClNO4. The van der Waals surface area contributed by atoms with Crippen molar-refractivity contribution < 1.29 is 19.0 Å². The Kier molecular flexibility index (Phi) is 6.37. The lowest BCUT2D eigenvalue weighted by Crippen LogP contribution is -2.46. The molecule has 140 valence electrons. The number of hydrogen-bond acceptors (Lipinski definition) is 4. The van der Waals surface area contributed by atoms with Crippen LogP contribution in [-0.4, -0.2) is 19.8 Å². The average Bonchev–Trinajstić information content (AvgIpc) is 2.63. The Balaban J connectivity index is 0.00000243. The van der Waals surface area contributed by atoms with Crippen molar-refractivity contribution in [2.75, 3.05) is 13.7 Å². The molecule has 6 heteroatoms. The number of ether oxygens (including phenoxy) is 3. The quantitative estimate of drug-likeness (QED) is 0.833. The Bertz CT molecular complexity index is 749. The van der Waals surface area contributed by atoms with Crippen LogP contribution < -0.4 is 14.8 Å². The van der Waals surface area contributed by atoms with Crippen LogP contribution in [0.3, 0.4) is 0 Å². The molecule has 1 N–H and O–H groups in total. The molecule has 26 heavy (non-hydrogen) atoms. The van der Waals surface area contributed by atoms with Crippen LogP contribution in [-0.2, 0) is 11.3 Å². The van der Waals surface area contributed by atoms with E-state index in [0.717, 1.165) is 11.1 Å². The summed E-state index contributed by atoms with van der Waals surface area (Å²) in [6.45, 7) is 4.96. The summed E-state index contributed by atoms with van der Waals surface area (Å²) in [6, 6.07) is 15.6. The Morgan fingerprint density at radius 1 is 1.15 bits per heavy atom. The zero-order chi connectivity index (χ0) is 17.9. The molecule has 0 radical (unpaired) electrons. The van der Waals surface area contributed by atoms with Gasteiger partial charge in [-0.1, -0.05) is 50.2 Å². The number of halogens is 1. The summed E-state index contributed by atoms with van der Waals surface area (Å²) >= 11 is 0. The van der Waals surface area contributed by atoms with Gasteiger partial charge in [0.15, 0.2) is 11.5 Å². The van der Waals surface area contributed by atoms with Crippen LogP contribution in [0.1, 0.15) is 31.0 Å². The maximum atomic E-state index is 11.6. The molecule has 1 heterocycles. The van der Waals surface area contributed by atoms with Gasteiger partial charge in [-0.2, -0.15) is 0 Å². The van der Waals surface area contributed by atoms with Crippen molar-refractivity contribution in [2.24, 2.45) is 5.41 Å². The SMILES string of the molecule is COc1cc([C@@H]2NC(=O)OCC2(C)C)ccc1OCc1ccccc1.Cl. The molecule has 1 aliphatic heterocycles. The number of methoxy groups -OCH3 is 1. The summed E-state index contributed by atoms with van der Waals surface area (Å²) in [5, 5.41) is 2.89. The molecule has 1 atom stereocenters. The van der Waals surface area contributed by atoms with Crippen molar-refractivity contribution in [3.05, 3.63) is 59.7 Å². The van der Waals surface area contributed by atoms with Crippen LogP contribution in [0.2, 0.25) is 0 Å². The molecule has 1 amide bonds. The molecule has 1 aliphatic rings. The van der Waals surface area contributed by atoms with E-state index in [1.807, 2.05) is 48.5 Å². The lowest BCUT2D eigenvalue weighted by Gasteiger charge is -2.38. The van der Waals surface area contributed by atoms with E-state index in [2.05, 4.69) is 19.2 Å². The minimum atomic E-state index is -0.396. The number of carbonyl (C=O) groups is 1. The normalized spacial score (nSPS) is 18.1. The standard InChI is InChI=1S/C20H23NO4.ClH/c1-20(2)13-25-19(22)21-18(20)15-9-10-16(17(11-15)23-3)24-12-14-7-5-4-6-8-14;/h4-11,18H,12-13H2,1-3H3,(H,21,22);1H/t18-;/m0./s1. The van der Waals surface area contributed by atoms with Crippen LogP contribution in [0, 0.1) is 5.41 Å². The largest absolute Gasteiger partial charge is 0.493 e. The van der Waals surface area contributed by atoms with E-state index in [9.17, 15) is 4.79 Å². The monoisotopic (exact) mass is 377 g/mol. The molecule has 0 unspecified atom stereocenters. The number of amides is 1. The number of hydrogen-bond donors (Lipinski definition) is 1. The Labute approximate surface area is 160 Å². The molecular weight excluding hydrogens is 354 g/mol. The predicted octanol–water partition coefficient (Wildman–Crippen LogP) is 4.50. The summed E-state index contributed by atoms with van der Waals surface area (Å²) < 4.78 is 16.5. The summed E-state index contributed by atoms with van der Waals surface area (Å²) in [5.41, 5.74) is 1.84. The minimum absolute atomic E-state index is 0. The second-order valence-corrected chi connectivity index (χ2v) is 6.83. The number of rotatable bonds is 5. The fourth-order valence-electron chi connectivity index (χ4n) is 2.94. The second kappa shape index (κ2) is 8.32. The van der Waals surface area contributed by atoms with E-state index in [0.29, 0.717) is 24.7 Å². The highest BCUT2D eigenvalue weighted by atomic mass is 35.5. The summed E-state index contributed by atoms with van der Waals surface area (Å²) in [5.74, 6) is 1.32. The van der Waals surface area contributed by atoms with E-state index in [-0.39, 0.29) is 23.9 Å². The highest BCUT2D eigenvalue weighted by molar-refractivity contribution is 5.85. The van der Waals surface area contributed by atoms with Crippen molar-refractivity contribution >= 4 is 18.5 Å². The molecule has 5 nitrogen and oxygen atoms in total. The summed E-state index contributed by atoms with van der Waals surface area (Å²) in [6.07, 6.45) is -0.396. The molecule has 0 spiro atoms. The topological polar surface area (TPSA) is 56.8 Å². The molecule has 1 fully saturated rings. The summed E-state index contributed by atoms with van der Waals surface area (Å²) in [4.78, 5) is 11.6. The van der Waals surface area contributed by atoms with Gasteiger partial charge in [-0.25, -0.2) is 4.79 Å². The Hall–Kier alpha value is -2.40. The molecule has 2 aromatic rings. The smallest absolute Gasteiger partial charge is 0.407 e. The Morgan fingerprint density at radius 2 is 1.88 bits per heavy atom. The molecule has 2 aromatic carbocycles. The fraction of sp³-hybridized carbons (Fsp3) is 0.350. The van der Waals surface area contributed by atoms with Gasteiger partial charge in [0, 0.05) is 5.41 Å². The maximum absolute atomic E-state index is 11.6. The van der Waals surface area contributed by atoms with E-state index in [1.165, 1.54) is 0 Å². The zero-order valence-electron chi connectivity index (χ0n) is 15.2. The number of benzene rings is 2. The molecule has 0 bridgehead atoms. The lowest BCUT2D eigenvalue weighted by atomic mass is 9.80. The van der Waals surface area contributed by atoms with Gasteiger partial charge in [-0.15, -0.1) is 12.4 Å². The molecule has 0 aliphatic carbocycles. The third-order valence-corrected chi connectivity index (χ3v) is 4.38. The van der Waals surface area contributed by atoms with Gasteiger partial charge in [0.1, 0.15) is 13.2 Å². The van der Waals surface area contributed by atoms with Gasteiger partial charge in [-0.3, -0.25) is 0 Å². The highest BCUT2D eigenvalue weighted by Crippen LogP contribution is 2.39. The molecule has 1 saturated heterocycles. The minimum Gasteiger partial charge on any atom is -0.493 e. The van der Waals surface area contributed by atoms with Gasteiger partial charge >= 0.3 is 6.09 Å². The number of nitrogens with one attached hydrogen (secondary N) is 1. The maximum Gasteiger partial charge on any atom is 0.407 e. The van der Waals surface area contributed by atoms with Crippen LogP contribution in [0.5, 0.6) is 11.5 Å². The first-order valence-corrected chi connectivity index (χ1v) is 8.27. The van der Waals surface area contributed by atoms with Crippen molar-refractivity contribution in [1.82, 2.24) is 5.32 Å². The third kappa shape index (κ3) is 4.41. The van der Waals surface area contributed by atoms with Gasteiger partial charge in [0.2, 0.25) is 0 Å². The van der Waals surface area contributed by atoms with Crippen LogP contribution >= 0.6 is 12.4 Å². The average molecular weight is 378 g/mol. The van der Waals surface area contributed by atoms with Crippen LogP contribution in [0.4, 0.5) is 4.79 Å². The predicted molar refractivity (Wildman–Crippen MR) is 102 cm³/mol. The lowest BCUT2D eigenvalue weighted by molar-refractivity contribution is 0.0386. The summed E-state index contributed by atoms with van der Waals surface area (Å²) in [7, 11) is 1.61. The van der Waals surface area contributed by atoms with Crippen LogP contribution in [0.15, 0.2) is 48.5 Å². The fourth-order valence-corrected chi connectivity index (χ4v) is 2.94. The van der Waals surface area contributed by atoms with Crippen molar-refractivity contribution in [1.29, 1.82) is 0 Å². The number of carbonyl (C=O) groups excluding carboxylic acids is 1. The Morgan fingerprint density at radius 3 is 2.58 bits per heavy atom. The van der Waals surface area contributed by atoms with Crippen molar-refractivity contribution in [2.45, 2.75) is 26.5 Å². The molecule has 0 aromatic heterocycles. The molecule has 3 rings (SSSR count). The van der Waals surface area contributed by atoms with Crippen LogP contribution in [0.25, 0.3) is 0 Å².